The Morgan fingerprint density at radius 3 is 2.62 bits per heavy atom. The van der Waals surface area contributed by atoms with Crippen LogP contribution < -0.4 is 10.5 Å². The average Bonchev–Trinajstić information content (AvgIpc) is 2.24. The Balaban J connectivity index is 2.34. The molecule has 0 saturated carbocycles. The Labute approximate surface area is 106 Å². The number of hydrogen-bond acceptors (Lipinski definition) is 4. The number of rotatable bonds is 2. The number of ether oxygens (including phenoxy) is 1. The lowest BCUT2D eigenvalue weighted by Crippen LogP contribution is -1.94. The molecule has 4 nitrogen and oxygen atoms in total. The molecule has 0 aromatic carbocycles. The highest BCUT2D eigenvalue weighted by Gasteiger charge is 2.07. The second-order valence-corrected chi connectivity index (χ2v) is 4.27. The minimum Gasteiger partial charge on any atom is -0.452 e. The average molecular weight is 301 g/mol. The summed E-state index contributed by atoms with van der Waals surface area (Å²) in [4.78, 5) is 7.82. The van der Waals surface area contributed by atoms with E-state index in [1.54, 1.807) is 18.5 Å². The fourth-order valence-electron chi connectivity index (χ4n) is 1.11. The third-order valence-electron chi connectivity index (χ3n) is 1.78. The zero-order valence-corrected chi connectivity index (χ0v) is 10.4. The first-order valence-electron chi connectivity index (χ1n) is 4.34. The van der Waals surface area contributed by atoms with Crippen molar-refractivity contribution in [3.8, 4) is 11.5 Å². The Kier molecular flexibility index (Phi) is 3.26. The molecule has 2 aromatic heterocycles. The Morgan fingerprint density at radius 2 is 1.94 bits per heavy atom. The second kappa shape index (κ2) is 4.67. The summed E-state index contributed by atoms with van der Waals surface area (Å²) in [5.41, 5.74) is 6.18. The zero-order valence-electron chi connectivity index (χ0n) is 8.02. The maximum atomic E-state index is 5.79. The topological polar surface area (TPSA) is 61.0 Å². The van der Waals surface area contributed by atoms with Gasteiger partial charge in [-0.15, -0.1) is 0 Å². The van der Waals surface area contributed by atoms with E-state index in [0.717, 1.165) is 0 Å². The number of hydrogen-bond donors (Lipinski definition) is 1. The molecule has 2 heterocycles. The molecule has 0 aliphatic heterocycles. The third-order valence-corrected chi connectivity index (χ3v) is 2.55. The smallest absolute Gasteiger partial charge is 0.167 e. The number of nitrogens with two attached hydrogens (primary N) is 1. The molecule has 0 spiro atoms. The summed E-state index contributed by atoms with van der Waals surface area (Å²) in [7, 11) is 0. The van der Waals surface area contributed by atoms with Crippen LogP contribution in [-0.4, -0.2) is 9.97 Å². The molecule has 0 unspecified atom stereocenters. The minimum absolute atomic E-state index is 0.439. The maximum Gasteiger partial charge on any atom is 0.167 e. The Hall–Kier alpha value is -1.33. The highest BCUT2D eigenvalue weighted by Crippen LogP contribution is 2.34. The van der Waals surface area contributed by atoms with E-state index in [1.807, 2.05) is 0 Å². The molecule has 0 atom stereocenters. The monoisotopic (exact) mass is 299 g/mol. The molecule has 16 heavy (non-hydrogen) atoms. The molecule has 6 heteroatoms. The van der Waals surface area contributed by atoms with E-state index in [4.69, 9.17) is 22.1 Å². The van der Waals surface area contributed by atoms with Gasteiger partial charge in [0.1, 0.15) is 5.75 Å². The number of aromatic nitrogens is 2. The van der Waals surface area contributed by atoms with Crippen LogP contribution in [0.3, 0.4) is 0 Å². The van der Waals surface area contributed by atoms with E-state index in [-0.39, 0.29) is 0 Å². The van der Waals surface area contributed by atoms with Crippen LogP contribution in [0, 0.1) is 0 Å². The molecule has 0 saturated heterocycles. The van der Waals surface area contributed by atoms with Gasteiger partial charge in [-0.05, 0) is 15.9 Å². The molecule has 82 valence electrons. The summed E-state index contributed by atoms with van der Waals surface area (Å²) in [6, 6.07) is 1.65. The minimum atomic E-state index is 0.439. The van der Waals surface area contributed by atoms with Gasteiger partial charge in [0.15, 0.2) is 5.75 Å². The van der Waals surface area contributed by atoms with Gasteiger partial charge < -0.3 is 10.5 Å². The predicted octanol–water partition coefficient (Wildman–Crippen LogP) is 3.27. The molecule has 2 rings (SSSR count). The fraction of sp³-hybridized carbons (Fsp3) is 0. The number of anilines is 1. The van der Waals surface area contributed by atoms with Crippen molar-refractivity contribution in [2.24, 2.45) is 0 Å². The molecule has 2 N–H and O–H groups in total. The molecule has 2 aromatic rings. The highest BCUT2D eigenvalue weighted by atomic mass is 79.9. The molecule has 0 amide bonds. The van der Waals surface area contributed by atoms with Gasteiger partial charge in [-0.3, -0.25) is 9.97 Å². The first-order valence-corrected chi connectivity index (χ1v) is 5.51. The van der Waals surface area contributed by atoms with E-state index in [2.05, 4.69) is 25.9 Å². The van der Waals surface area contributed by atoms with E-state index in [0.29, 0.717) is 26.7 Å². The molecule has 0 aliphatic carbocycles. The number of nitrogen functional groups attached to an aromatic ring is 1. The van der Waals surface area contributed by atoms with Crippen LogP contribution in [0.25, 0.3) is 0 Å². The summed E-state index contributed by atoms with van der Waals surface area (Å²) < 4.78 is 6.24. The van der Waals surface area contributed by atoms with Crippen LogP contribution in [0.4, 0.5) is 5.69 Å². The standard InChI is InChI=1S/C10H7BrClN3O/c11-8-4-15-5-9(13)10(8)16-7-1-6(12)2-14-3-7/h1-5H,13H2. The summed E-state index contributed by atoms with van der Waals surface area (Å²) in [5, 5.41) is 0.501. The van der Waals surface area contributed by atoms with Gasteiger partial charge in [0.05, 0.1) is 27.6 Å². The number of pyridine rings is 2. The van der Waals surface area contributed by atoms with Gasteiger partial charge in [-0.25, -0.2) is 0 Å². The molecule has 0 bridgehead atoms. The number of halogens is 2. The molecular formula is C10H7BrClN3O. The summed E-state index contributed by atoms with van der Waals surface area (Å²) in [6.45, 7) is 0. The highest BCUT2D eigenvalue weighted by molar-refractivity contribution is 9.10. The third kappa shape index (κ3) is 2.43. The predicted molar refractivity (Wildman–Crippen MR) is 65.7 cm³/mol. The first kappa shape index (κ1) is 11.2. The molecule has 0 radical (unpaired) electrons. The molecular weight excluding hydrogens is 293 g/mol. The van der Waals surface area contributed by atoms with Crippen molar-refractivity contribution >= 4 is 33.2 Å². The zero-order chi connectivity index (χ0) is 11.5. The van der Waals surface area contributed by atoms with E-state index >= 15 is 0 Å². The maximum absolute atomic E-state index is 5.79. The van der Waals surface area contributed by atoms with Crippen molar-refractivity contribution < 1.29 is 4.74 Å². The summed E-state index contributed by atoms with van der Waals surface area (Å²) >= 11 is 9.10. The van der Waals surface area contributed by atoms with Crippen LogP contribution in [0.15, 0.2) is 35.3 Å². The largest absolute Gasteiger partial charge is 0.452 e. The lowest BCUT2D eigenvalue weighted by atomic mass is 10.4. The van der Waals surface area contributed by atoms with E-state index < -0.39 is 0 Å². The Morgan fingerprint density at radius 1 is 1.19 bits per heavy atom. The van der Waals surface area contributed by atoms with Crippen LogP contribution >= 0.6 is 27.5 Å². The summed E-state index contributed by atoms with van der Waals surface area (Å²) in [6.07, 6.45) is 6.19. The normalized spacial score (nSPS) is 10.1. The van der Waals surface area contributed by atoms with Crippen LogP contribution in [0.5, 0.6) is 11.5 Å². The lowest BCUT2D eigenvalue weighted by molar-refractivity contribution is 0.479. The van der Waals surface area contributed by atoms with Crippen molar-refractivity contribution in [1.29, 1.82) is 0 Å². The van der Waals surface area contributed by atoms with Crippen LogP contribution in [0.2, 0.25) is 5.02 Å². The van der Waals surface area contributed by atoms with Crippen LogP contribution in [0.1, 0.15) is 0 Å². The van der Waals surface area contributed by atoms with E-state index in [9.17, 15) is 0 Å². The van der Waals surface area contributed by atoms with Crippen molar-refractivity contribution in [1.82, 2.24) is 9.97 Å². The van der Waals surface area contributed by atoms with Gasteiger partial charge in [0, 0.05) is 18.5 Å². The Bertz CT molecular complexity index is 501. The van der Waals surface area contributed by atoms with Gasteiger partial charge in [-0.1, -0.05) is 11.6 Å². The molecule has 0 fully saturated rings. The van der Waals surface area contributed by atoms with Gasteiger partial charge >= 0.3 is 0 Å². The van der Waals surface area contributed by atoms with E-state index in [1.165, 1.54) is 12.4 Å². The second-order valence-electron chi connectivity index (χ2n) is 2.98. The van der Waals surface area contributed by atoms with Gasteiger partial charge in [0.25, 0.3) is 0 Å². The van der Waals surface area contributed by atoms with Crippen molar-refractivity contribution in [2.45, 2.75) is 0 Å². The first-order chi connectivity index (χ1) is 7.66. The number of nitrogens with zero attached hydrogens (tertiary/aromatic N) is 2. The van der Waals surface area contributed by atoms with Gasteiger partial charge in [-0.2, -0.15) is 0 Å². The lowest BCUT2D eigenvalue weighted by Gasteiger charge is -2.09. The SMILES string of the molecule is Nc1cncc(Br)c1Oc1cncc(Cl)c1. The molecule has 0 aliphatic rings. The van der Waals surface area contributed by atoms with Gasteiger partial charge in [0.2, 0.25) is 0 Å². The summed E-state index contributed by atoms with van der Waals surface area (Å²) in [5.74, 6) is 1.02. The fourth-order valence-corrected chi connectivity index (χ4v) is 1.70. The van der Waals surface area contributed by atoms with Crippen LogP contribution in [-0.2, 0) is 0 Å². The van der Waals surface area contributed by atoms with Crippen molar-refractivity contribution in [2.75, 3.05) is 5.73 Å². The van der Waals surface area contributed by atoms with Crippen molar-refractivity contribution in [3.05, 3.63) is 40.3 Å². The quantitative estimate of drug-likeness (QED) is 0.924. The van der Waals surface area contributed by atoms with Crippen molar-refractivity contribution in [3.63, 3.8) is 0 Å².